The third-order valence-electron chi connectivity index (χ3n) is 3.29. The van der Waals surface area contributed by atoms with Crippen LogP contribution >= 0.6 is 11.6 Å². The molecule has 8 heteroatoms. The number of halogens is 1. The summed E-state index contributed by atoms with van der Waals surface area (Å²) >= 11 is 6.27. The third-order valence-corrected chi connectivity index (χ3v) is 4.54. The number of para-hydroxylation sites is 1. The van der Waals surface area contributed by atoms with Crippen LogP contribution in [0.2, 0.25) is 5.02 Å². The van der Waals surface area contributed by atoms with Gasteiger partial charge in [0, 0.05) is 25.8 Å². The zero-order valence-corrected chi connectivity index (χ0v) is 13.9. The molecule has 6 nitrogen and oxygen atoms in total. The van der Waals surface area contributed by atoms with E-state index in [-0.39, 0.29) is 18.1 Å². The summed E-state index contributed by atoms with van der Waals surface area (Å²) in [7, 11) is -3.16. The smallest absolute Gasteiger partial charge is 0.225 e. The van der Waals surface area contributed by atoms with Crippen LogP contribution in [-0.4, -0.2) is 52.6 Å². The number of anilines is 2. The maximum atomic E-state index is 11.9. The van der Waals surface area contributed by atoms with E-state index in [1.165, 1.54) is 0 Å². The summed E-state index contributed by atoms with van der Waals surface area (Å²) in [5.41, 5.74) is 1.34. The van der Waals surface area contributed by atoms with E-state index in [0.717, 1.165) is 11.9 Å². The van der Waals surface area contributed by atoms with Crippen molar-refractivity contribution in [1.82, 2.24) is 0 Å². The van der Waals surface area contributed by atoms with Gasteiger partial charge in [-0.2, -0.15) is 0 Å². The first kappa shape index (κ1) is 17.1. The van der Waals surface area contributed by atoms with Crippen LogP contribution in [0.15, 0.2) is 18.2 Å². The Labute approximate surface area is 135 Å². The topological polar surface area (TPSA) is 75.7 Å². The molecule has 1 aromatic rings. The van der Waals surface area contributed by atoms with Gasteiger partial charge >= 0.3 is 0 Å². The van der Waals surface area contributed by atoms with E-state index in [4.69, 9.17) is 16.3 Å². The van der Waals surface area contributed by atoms with Gasteiger partial charge in [0.05, 0.1) is 35.4 Å². The van der Waals surface area contributed by atoms with Gasteiger partial charge in [0.15, 0.2) is 0 Å². The van der Waals surface area contributed by atoms with Crippen LogP contribution in [0.25, 0.3) is 0 Å². The summed E-state index contributed by atoms with van der Waals surface area (Å²) in [6, 6.07) is 5.27. The number of sulfone groups is 1. The standard InChI is InChI=1S/C14H19ClN2O4S/c1-22(19,20)10-5-13(18)16-12-4-2-3-11(15)14(12)17-6-8-21-9-7-17/h2-4H,5-10H2,1H3,(H,16,18). The van der Waals surface area contributed by atoms with Gasteiger partial charge in [-0.15, -0.1) is 0 Å². The lowest BCUT2D eigenvalue weighted by molar-refractivity contribution is -0.115. The number of nitrogens with one attached hydrogen (secondary N) is 1. The second kappa shape index (κ2) is 7.30. The molecule has 0 atom stereocenters. The number of nitrogens with zero attached hydrogens (tertiary/aromatic N) is 1. The molecule has 122 valence electrons. The molecule has 1 aliphatic heterocycles. The van der Waals surface area contributed by atoms with Crippen LogP contribution < -0.4 is 10.2 Å². The Morgan fingerprint density at radius 3 is 2.68 bits per heavy atom. The fourth-order valence-electron chi connectivity index (χ4n) is 2.22. The minimum absolute atomic E-state index is 0.0755. The molecule has 1 saturated heterocycles. The highest BCUT2D eigenvalue weighted by Crippen LogP contribution is 2.34. The molecule has 1 aromatic carbocycles. The average Bonchev–Trinajstić information content (AvgIpc) is 2.45. The summed E-state index contributed by atoms with van der Waals surface area (Å²) in [4.78, 5) is 14.0. The van der Waals surface area contributed by atoms with Crippen LogP contribution in [0.5, 0.6) is 0 Å². The molecule has 0 spiro atoms. The first-order valence-electron chi connectivity index (χ1n) is 6.95. The van der Waals surface area contributed by atoms with Crippen molar-refractivity contribution in [3.8, 4) is 0 Å². The zero-order valence-electron chi connectivity index (χ0n) is 12.3. The lowest BCUT2D eigenvalue weighted by Gasteiger charge is -2.31. The van der Waals surface area contributed by atoms with Crippen LogP contribution in [-0.2, 0) is 19.4 Å². The highest BCUT2D eigenvalue weighted by Gasteiger charge is 2.19. The number of morpholine rings is 1. The van der Waals surface area contributed by atoms with Crippen LogP contribution in [0.4, 0.5) is 11.4 Å². The van der Waals surface area contributed by atoms with E-state index < -0.39 is 9.84 Å². The minimum atomic E-state index is -3.16. The number of carbonyl (C=O) groups excluding carboxylic acids is 1. The average molecular weight is 347 g/mol. The molecular weight excluding hydrogens is 328 g/mol. The van der Waals surface area contributed by atoms with Crippen molar-refractivity contribution in [2.75, 3.05) is 48.5 Å². The Morgan fingerprint density at radius 2 is 2.05 bits per heavy atom. The highest BCUT2D eigenvalue weighted by molar-refractivity contribution is 7.90. The van der Waals surface area contributed by atoms with Crippen molar-refractivity contribution in [3.63, 3.8) is 0 Å². The highest BCUT2D eigenvalue weighted by atomic mass is 35.5. The Bertz CT molecular complexity index is 642. The van der Waals surface area contributed by atoms with Crippen molar-refractivity contribution >= 4 is 38.7 Å². The summed E-state index contributed by atoms with van der Waals surface area (Å²) < 4.78 is 27.6. The predicted molar refractivity (Wildman–Crippen MR) is 87.4 cm³/mol. The van der Waals surface area contributed by atoms with E-state index in [1.807, 2.05) is 0 Å². The van der Waals surface area contributed by atoms with Crippen molar-refractivity contribution < 1.29 is 17.9 Å². The molecule has 0 unspecified atom stereocenters. The molecule has 1 fully saturated rings. The van der Waals surface area contributed by atoms with E-state index in [2.05, 4.69) is 10.2 Å². The minimum Gasteiger partial charge on any atom is -0.378 e. The molecule has 0 aliphatic carbocycles. The summed E-state index contributed by atoms with van der Waals surface area (Å²) in [5.74, 6) is -0.520. The number of benzene rings is 1. The van der Waals surface area contributed by atoms with Crippen molar-refractivity contribution in [2.45, 2.75) is 6.42 Å². The second-order valence-electron chi connectivity index (χ2n) is 5.16. The van der Waals surface area contributed by atoms with Gasteiger partial charge in [0.1, 0.15) is 9.84 Å². The molecule has 22 heavy (non-hydrogen) atoms. The van der Waals surface area contributed by atoms with Crippen molar-refractivity contribution in [1.29, 1.82) is 0 Å². The summed E-state index contributed by atoms with van der Waals surface area (Å²) in [5, 5.41) is 3.30. The normalized spacial score (nSPS) is 15.6. The van der Waals surface area contributed by atoms with Gasteiger partial charge in [0.2, 0.25) is 5.91 Å². The lowest BCUT2D eigenvalue weighted by atomic mass is 10.2. The first-order valence-corrected chi connectivity index (χ1v) is 9.39. The maximum Gasteiger partial charge on any atom is 0.225 e. The van der Waals surface area contributed by atoms with E-state index in [1.54, 1.807) is 18.2 Å². The molecule has 0 saturated carbocycles. The van der Waals surface area contributed by atoms with E-state index in [9.17, 15) is 13.2 Å². The van der Waals surface area contributed by atoms with Gasteiger partial charge in [-0.05, 0) is 12.1 Å². The molecule has 0 bridgehead atoms. The van der Waals surface area contributed by atoms with Gasteiger partial charge in [-0.3, -0.25) is 4.79 Å². The van der Waals surface area contributed by atoms with E-state index in [0.29, 0.717) is 37.0 Å². The molecule has 1 N–H and O–H groups in total. The molecule has 0 aromatic heterocycles. The first-order chi connectivity index (χ1) is 10.4. The molecular formula is C14H19ClN2O4S. The van der Waals surface area contributed by atoms with Crippen molar-refractivity contribution in [2.24, 2.45) is 0 Å². The Kier molecular flexibility index (Phi) is 5.66. The summed E-state index contributed by atoms with van der Waals surface area (Å²) in [6.07, 6.45) is 1.03. The fraction of sp³-hybridized carbons (Fsp3) is 0.500. The third kappa shape index (κ3) is 4.86. The Hall–Kier alpha value is -1.31. The number of hydrogen-bond acceptors (Lipinski definition) is 5. The van der Waals surface area contributed by atoms with E-state index >= 15 is 0 Å². The molecule has 1 heterocycles. The lowest BCUT2D eigenvalue weighted by Crippen LogP contribution is -2.37. The number of amides is 1. The number of carbonyl (C=O) groups is 1. The van der Waals surface area contributed by atoms with Crippen LogP contribution in [0.3, 0.4) is 0 Å². The molecule has 1 aliphatic rings. The van der Waals surface area contributed by atoms with Gasteiger partial charge in [0.25, 0.3) is 0 Å². The van der Waals surface area contributed by atoms with Gasteiger partial charge in [-0.1, -0.05) is 17.7 Å². The quantitative estimate of drug-likeness (QED) is 0.875. The van der Waals surface area contributed by atoms with Crippen LogP contribution in [0.1, 0.15) is 6.42 Å². The largest absolute Gasteiger partial charge is 0.378 e. The van der Waals surface area contributed by atoms with Gasteiger partial charge < -0.3 is 15.0 Å². The predicted octanol–water partition coefficient (Wildman–Crippen LogP) is 1.55. The number of hydrogen-bond donors (Lipinski definition) is 1. The Balaban J connectivity index is 2.13. The fourth-order valence-corrected chi connectivity index (χ4v) is 3.07. The molecule has 2 rings (SSSR count). The maximum absolute atomic E-state index is 11.9. The number of rotatable bonds is 5. The zero-order chi connectivity index (χ0) is 16.2. The number of ether oxygens (including phenoxy) is 1. The van der Waals surface area contributed by atoms with Crippen molar-refractivity contribution in [3.05, 3.63) is 23.2 Å². The monoisotopic (exact) mass is 346 g/mol. The SMILES string of the molecule is CS(=O)(=O)CCC(=O)Nc1cccc(Cl)c1N1CCOCC1. The van der Waals surface area contributed by atoms with Crippen LogP contribution in [0, 0.1) is 0 Å². The molecule has 1 amide bonds. The Morgan fingerprint density at radius 1 is 1.36 bits per heavy atom. The van der Waals surface area contributed by atoms with Gasteiger partial charge in [-0.25, -0.2) is 8.42 Å². The summed E-state index contributed by atoms with van der Waals surface area (Å²) in [6.45, 7) is 2.59. The molecule has 0 radical (unpaired) electrons. The second-order valence-corrected chi connectivity index (χ2v) is 7.83.